The maximum Gasteiger partial charge on any atom is 0.123 e. The molecule has 0 aromatic heterocycles. The number of hydrogen-bond donors (Lipinski definition) is 2. The van der Waals surface area contributed by atoms with Crippen molar-refractivity contribution in [3.8, 4) is 5.75 Å². The van der Waals surface area contributed by atoms with Crippen LogP contribution >= 0.6 is 15.9 Å². The van der Waals surface area contributed by atoms with Crippen LogP contribution in [0.5, 0.6) is 5.75 Å². The van der Waals surface area contributed by atoms with Crippen LogP contribution in [0.4, 0.5) is 0 Å². The largest absolute Gasteiger partial charge is 0.496 e. The van der Waals surface area contributed by atoms with E-state index in [0.29, 0.717) is 12.1 Å². The Morgan fingerprint density at radius 3 is 2.94 bits per heavy atom. The predicted molar refractivity (Wildman–Crippen MR) is 73.1 cm³/mol. The molecule has 0 aliphatic heterocycles. The highest BCUT2D eigenvalue weighted by atomic mass is 79.9. The van der Waals surface area contributed by atoms with Gasteiger partial charge in [0.25, 0.3) is 0 Å². The fourth-order valence-corrected chi connectivity index (χ4v) is 2.78. The Labute approximate surface area is 111 Å². The number of halogens is 1. The van der Waals surface area contributed by atoms with E-state index in [1.807, 2.05) is 12.1 Å². The monoisotopic (exact) mass is 298 g/mol. The van der Waals surface area contributed by atoms with E-state index in [0.717, 1.165) is 23.2 Å². The van der Waals surface area contributed by atoms with Gasteiger partial charge >= 0.3 is 0 Å². The highest BCUT2D eigenvalue weighted by Gasteiger charge is 2.23. The van der Waals surface area contributed by atoms with E-state index in [9.17, 15) is 0 Å². The van der Waals surface area contributed by atoms with Crippen molar-refractivity contribution in [3.05, 3.63) is 28.2 Å². The summed E-state index contributed by atoms with van der Waals surface area (Å²) < 4.78 is 6.43. The van der Waals surface area contributed by atoms with Crippen LogP contribution in [0.1, 0.15) is 24.8 Å². The highest BCUT2D eigenvalue weighted by Crippen LogP contribution is 2.24. The zero-order valence-electron chi connectivity index (χ0n) is 10.1. The minimum atomic E-state index is 0.299. The van der Waals surface area contributed by atoms with Crippen LogP contribution in [0.2, 0.25) is 0 Å². The van der Waals surface area contributed by atoms with E-state index in [1.54, 1.807) is 7.11 Å². The predicted octanol–water partition coefficient (Wildman–Crippen LogP) is 2.43. The maximum atomic E-state index is 6.04. The Morgan fingerprint density at radius 2 is 2.29 bits per heavy atom. The Bertz CT molecular complexity index is 384. The van der Waals surface area contributed by atoms with Crippen LogP contribution in [-0.2, 0) is 6.54 Å². The summed E-state index contributed by atoms with van der Waals surface area (Å²) in [6.45, 7) is 0.807. The van der Waals surface area contributed by atoms with Crippen molar-refractivity contribution in [2.45, 2.75) is 37.9 Å². The molecular formula is C13H19BrN2O. The van der Waals surface area contributed by atoms with E-state index in [4.69, 9.17) is 10.5 Å². The molecule has 0 amide bonds. The van der Waals surface area contributed by atoms with Gasteiger partial charge in [-0.3, -0.25) is 0 Å². The zero-order chi connectivity index (χ0) is 12.3. The van der Waals surface area contributed by atoms with Gasteiger partial charge in [0.05, 0.1) is 7.11 Å². The van der Waals surface area contributed by atoms with Gasteiger partial charge in [0.15, 0.2) is 0 Å². The molecule has 4 heteroatoms. The van der Waals surface area contributed by atoms with Gasteiger partial charge in [-0.05, 0) is 31.0 Å². The van der Waals surface area contributed by atoms with Crippen LogP contribution in [0, 0.1) is 0 Å². The molecule has 3 nitrogen and oxygen atoms in total. The van der Waals surface area contributed by atoms with E-state index in [-0.39, 0.29) is 0 Å². The molecule has 1 aromatic rings. The zero-order valence-corrected chi connectivity index (χ0v) is 11.7. The Kier molecular flexibility index (Phi) is 4.42. The number of benzene rings is 1. The summed E-state index contributed by atoms with van der Waals surface area (Å²) in [5.74, 6) is 0.923. The van der Waals surface area contributed by atoms with Gasteiger partial charge in [0, 0.05) is 28.7 Å². The lowest BCUT2D eigenvalue weighted by Gasteiger charge is -2.18. The summed E-state index contributed by atoms with van der Waals surface area (Å²) in [6.07, 6.45) is 3.54. The smallest absolute Gasteiger partial charge is 0.123 e. The minimum Gasteiger partial charge on any atom is -0.496 e. The fourth-order valence-electron chi connectivity index (χ4n) is 2.37. The lowest BCUT2D eigenvalue weighted by molar-refractivity contribution is 0.402. The minimum absolute atomic E-state index is 0.299. The summed E-state index contributed by atoms with van der Waals surface area (Å²) in [5, 5.41) is 3.52. The molecule has 0 spiro atoms. The molecule has 1 aromatic carbocycles. The number of nitrogens with one attached hydrogen (secondary N) is 1. The van der Waals surface area contributed by atoms with Crippen LogP contribution < -0.4 is 15.8 Å². The lowest BCUT2D eigenvalue weighted by Crippen LogP contribution is -2.40. The van der Waals surface area contributed by atoms with Crippen molar-refractivity contribution in [3.63, 3.8) is 0 Å². The normalized spacial score (nSPS) is 23.9. The molecule has 17 heavy (non-hydrogen) atoms. The third kappa shape index (κ3) is 3.21. The number of ether oxygens (including phenoxy) is 1. The molecule has 2 unspecified atom stereocenters. The van der Waals surface area contributed by atoms with Gasteiger partial charge in [0.2, 0.25) is 0 Å². The SMILES string of the molecule is COc1ccc(Br)cc1CNC1CCCC1N. The standard InChI is InChI=1S/C13H19BrN2O/c1-17-13-6-5-10(14)7-9(13)8-16-12-4-2-3-11(12)15/h5-7,11-12,16H,2-4,8,15H2,1H3. The fraction of sp³-hybridized carbons (Fsp3) is 0.538. The average Bonchev–Trinajstić information content (AvgIpc) is 2.72. The van der Waals surface area contributed by atoms with E-state index in [1.165, 1.54) is 18.4 Å². The van der Waals surface area contributed by atoms with E-state index < -0.39 is 0 Å². The summed E-state index contributed by atoms with van der Waals surface area (Å²) in [7, 11) is 1.70. The quantitative estimate of drug-likeness (QED) is 0.897. The summed E-state index contributed by atoms with van der Waals surface area (Å²) >= 11 is 3.48. The Hall–Kier alpha value is -0.580. The van der Waals surface area contributed by atoms with E-state index >= 15 is 0 Å². The first-order valence-electron chi connectivity index (χ1n) is 6.02. The first-order chi connectivity index (χ1) is 8.20. The van der Waals surface area contributed by atoms with Crippen molar-refractivity contribution in [2.75, 3.05) is 7.11 Å². The summed E-state index contributed by atoms with van der Waals surface area (Å²) in [4.78, 5) is 0. The first-order valence-corrected chi connectivity index (χ1v) is 6.81. The average molecular weight is 299 g/mol. The lowest BCUT2D eigenvalue weighted by atomic mass is 10.1. The van der Waals surface area contributed by atoms with E-state index in [2.05, 4.69) is 27.3 Å². The number of nitrogens with two attached hydrogens (primary N) is 1. The number of rotatable bonds is 4. The molecule has 1 aliphatic carbocycles. The second-order valence-electron chi connectivity index (χ2n) is 4.54. The molecule has 3 N–H and O–H groups in total. The van der Waals surface area contributed by atoms with Gasteiger partial charge in [-0.25, -0.2) is 0 Å². The number of methoxy groups -OCH3 is 1. The molecule has 1 aliphatic rings. The Morgan fingerprint density at radius 1 is 1.47 bits per heavy atom. The van der Waals surface area contributed by atoms with Crippen molar-refractivity contribution in [2.24, 2.45) is 5.73 Å². The van der Waals surface area contributed by atoms with Crippen molar-refractivity contribution in [1.29, 1.82) is 0 Å². The van der Waals surface area contributed by atoms with Crippen LogP contribution in [0.15, 0.2) is 22.7 Å². The maximum absolute atomic E-state index is 6.04. The molecule has 0 saturated heterocycles. The molecule has 0 heterocycles. The number of hydrogen-bond acceptors (Lipinski definition) is 3. The van der Waals surface area contributed by atoms with Gasteiger partial charge in [0.1, 0.15) is 5.75 Å². The van der Waals surface area contributed by atoms with Gasteiger partial charge in [-0.2, -0.15) is 0 Å². The third-order valence-corrected chi connectivity index (χ3v) is 3.86. The van der Waals surface area contributed by atoms with Gasteiger partial charge < -0.3 is 15.8 Å². The molecule has 1 fully saturated rings. The first kappa shape index (κ1) is 12.9. The molecule has 94 valence electrons. The highest BCUT2D eigenvalue weighted by molar-refractivity contribution is 9.10. The second kappa shape index (κ2) is 5.85. The van der Waals surface area contributed by atoms with Gasteiger partial charge in [-0.1, -0.05) is 22.4 Å². The molecular weight excluding hydrogens is 280 g/mol. The molecule has 0 bridgehead atoms. The van der Waals surface area contributed by atoms with Crippen LogP contribution in [0.25, 0.3) is 0 Å². The van der Waals surface area contributed by atoms with Crippen molar-refractivity contribution < 1.29 is 4.74 Å². The van der Waals surface area contributed by atoms with Crippen molar-refractivity contribution in [1.82, 2.24) is 5.32 Å². The van der Waals surface area contributed by atoms with Crippen molar-refractivity contribution >= 4 is 15.9 Å². The van der Waals surface area contributed by atoms with Crippen LogP contribution in [-0.4, -0.2) is 19.2 Å². The molecule has 0 radical (unpaired) electrons. The topological polar surface area (TPSA) is 47.3 Å². The molecule has 1 saturated carbocycles. The third-order valence-electron chi connectivity index (χ3n) is 3.37. The summed E-state index contributed by atoms with van der Waals surface area (Å²) in [5.41, 5.74) is 7.21. The summed E-state index contributed by atoms with van der Waals surface area (Å²) in [6, 6.07) is 6.80. The van der Waals surface area contributed by atoms with Gasteiger partial charge in [-0.15, -0.1) is 0 Å². The van der Waals surface area contributed by atoms with Crippen LogP contribution in [0.3, 0.4) is 0 Å². The second-order valence-corrected chi connectivity index (χ2v) is 5.45. The molecule has 2 atom stereocenters. The molecule has 2 rings (SSSR count). The Balaban J connectivity index is 2.00.